The van der Waals surface area contributed by atoms with Crippen LogP contribution in [0.25, 0.3) is 22.2 Å². The molecule has 0 bridgehead atoms. The topological polar surface area (TPSA) is 65.5 Å². The highest BCUT2D eigenvalue weighted by molar-refractivity contribution is 7.90. The van der Waals surface area contributed by atoms with Crippen LogP contribution in [0.3, 0.4) is 0 Å². The van der Waals surface area contributed by atoms with Crippen molar-refractivity contribution < 1.29 is 17.9 Å². The van der Waals surface area contributed by atoms with E-state index in [1.54, 1.807) is 38.5 Å². The van der Waals surface area contributed by atoms with Crippen LogP contribution in [-0.4, -0.2) is 33.9 Å². The number of sulfone groups is 1. The number of nitrogens with zero attached hydrogens (tertiary/aromatic N) is 1. The smallest absolute Gasteiger partial charge is 0.175 e. The second-order valence-electron chi connectivity index (χ2n) is 5.81. The first-order chi connectivity index (χ1) is 11.8. The zero-order valence-electron chi connectivity index (χ0n) is 14.5. The Balaban J connectivity index is 2.21. The summed E-state index contributed by atoms with van der Waals surface area (Å²) in [7, 11) is 0.00531. The summed E-state index contributed by atoms with van der Waals surface area (Å²) in [6, 6.07) is 12.3. The van der Waals surface area contributed by atoms with Gasteiger partial charge in [0, 0.05) is 17.2 Å². The number of aromatic nitrogens is 1. The fourth-order valence-electron chi connectivity index (χ4n) is 2.83. The van der Waals surface area contributed by atoms with Crippen molar-refractivity contribution in [3.05, 3.63) is 48.0 Å². The first kappa shape index (κ1) is 17.2. The third-order valence-corrected chi connectivity index (χ3v) is 5.23. The van der Waals surface area contributed by atoms with Crippen molar-refractivity contribution >= 4 is 20.7 Å². The normalized spacial score (nSPS) is 11.5. The lowest BCUT2D eigenvalue weighted by molar-refractivity contribution is 0.409. The maximum atomic E-state index is 11.6. The maximum Gasteiger partial charge on any atom is 0.175 e. The van der Waals surface area contributed by atoms with E-state index >= 15 is 0 Å². The molecule has 130 valence electrons. The molecule has 0 amide bonds. The van der Waals surface area contributed by atoms with Gasteiger partial charge in [-0.3, -0.25) is 0 Å². The van der Waals surface area contributed by atoms with E-state index in [1.807, 2.05) is 25.1 Å². The van der Waals surface area contributed by atoms with Crippen molar-refractivity contribution in [3.63, 3.8) is 0 Å². The van der Waals surface area contributed by atoms with Crippen molar-refractivity contribution in [1.29, 1.82) is 0 Å². The highest BCUT2D eigenvalue weighted by atomic mass is 32.2. The number of benzene rings is 2. The summed E-state index contributed by atoms with van der Waals surface area (Å²) >= 11 is 0. The van der Waals surface area contributed by atoms with Crippen molar-refractivity contribution in [2.75, 3.05) is 20.5 Å². The second-order valence-corrected chi connectivity index (χ2v) is 7.83. The lowest BCUT2D eigenvalue weighted by Crippen LogP contribution is -1.97. The quantitative estimate of drug-likeness (QED) is 0.713. The van der Waals surface area contributed by atoms with Crippen molar-refractivity contribution in [1.82, 2.24) is 4.98 Å². The Morgan fingerprint density at radius 1 is 0.920 bits per heavy atom. The lowest BCUT2D eigenvalue weighted by atomic mass is 10.0. The predicted octanol–water partition coefficient (Wildman–Crippen LogP) is 3.63. The van der Waals surface area contributed by atoms with Gasteiger partial charge in [0.05, 0.1) is 24.8 Å². The van der Waals surface area contributed by atoms with E-state index in [9.17, 15) is 8.42 Å². The predicted molar refractivity (Wildman–Crippen MR) is 98.1 cm³/mol. The first-order valence-electron chi connectivity index (χ1n) is 7.68. The molecule has 0 saturated carbocycles. The molecule has 25 heavy (non-hydrogen) atoms. The Morgan fingerprint density at radius 2 is 1.52 bits per heavy atom. The molecule has 6 heteroatoms. The van der Waals surface area contributed by atoms with Gasteiger partial charge in [0.1, 0.15) is 17.0 Å². The molecule has 3 rings (SSSR count). The summed E-state index contributed by atoms with van der Waals surface area (Å²) in [4.78, 5) is 5.01. The summed E-state index contributed by atoms with van der Waals surface area (Å²) < 4.78 is 34.1. The van der Waals surface area contributed by atoms with Gasteiger partial charge in [0.2, 0.25) is 0 Å². The van der Waals surface area contributed by atoms with Crippen LogP contribution in [0, 0.1) is 6.92 Å². The summed E-state index contributed by atoms with van der Waals surface area (Å²) in [5, 5.41) is 0.901. The number of hydrogen-bond acceptors (Lipinski definition) is 5. The van der Waals surface area contributed by atoms with Gasteiger partial charge < -0.3 is 9.47 Å². The minimum atomic E-state index is -3.22. The number of pyridine rings is 1. The van der Waals surface area contributed by atoms with Gasteiger partial charge in [-0.15, -0.1) is 0 Å². The van der Waals surface area contributed by atoms with E-state index < -0.39 is 9.84 Å². The number of aryl methyl sites for hydroxylation is 1. The van der Waals surface area contributed by atoms with Crippen LogP contribution in [0.4, 0.5) is 0 Å². The molecule has 0 saturated heterocycles. The van der Waals surface area contributed by atoms with Crippen LogP contribution >= 0.6 is 0 Å². The summed E-state index contributed by atoms with van der Waals surface area (Å²) in [5.74, 6) is 1.40. The van der Waals surface area contributed by atoms with Crippen LogP contribution in [0.1, 0.15) is 5.56 Å². The van der Waals surface area contributed by atoms with Crippen molar-refractivity contribution in [2.24, 2.45) is 0 Å². The molecular weight excluding hydrogens is 338 g/mol. The van der Waals surface area contributed by atoms with Crippen molar-refractivity contribution in [3.8, 4) is 22.8 Å². The van der Waals surface area contributed by atoms with Gasteiger partial charge in [-0.2, -0.15) is 0 Å². The highest BCUT2D eigenvalue weighted by Gasteiger charge is 2.14. The molecule has 1 aromatic heterocycles. The Kier molecular flexibility index (Phi) is 4.39. The van der Waals surface area contributed by atoms with Gasteiger partial charge in [-0.25, -0.2) is 13.4 Å². The molecule has 5 nitrogen and oxygen atoms in total. The zero-order valence-corrected chi connectivity index (χ0v) is 15.3. The standard InChI is InChI=1S/C19H19NO4S/c1-12-11-15(13-5-7-14(8-6-13)25(4,21)22)20-19-17(24-3)10-9-16(23-2)18(12)19/h5-11H,1-4H3. The minimum absolute atomic E-state index is 0.285. The SMILES string of the molecule is COc1ccc(OC)c2c(C)cc(-c3ccc(S(C)(=O)=O)cc3)nc12. The van der Waals surface area contributed by atoms with Crippen LogP contribution in [0.15, 0.2) is 47.4 Å². The number of fused-ring (bicyclic) bond motifs is 1. The van der Waals surface area contributed by atoms with Gasteiger partial charge in [-0.1, -0.05) is 12.1 Å². The fraction of sp³-hybridized carbons (Fsp3) is 0.211. The van der Waals surface area contributed by atoms with Crippen LogP contribution in [0.2, 0.25) is 0 Å². The fourth-order valence-corrected chi connectivity index (χ4v) is 3.46. The Labute approximate surface area is 147 Å². The maximum absolute atomic E-state index is 11.6. The lowest BCUT2D eigenvalue weighted by Gasteiger charge is -2.13. The number of hydrogen-bond donors (Lipinski definition) is 0. The van der Waals surface area contributed by atoms with Gasteiger partial charge >= 0.3 is 0 Å². The second kappa shape index (κ2) is 6.37. The third-order valence-electron chi connectivity index (χ3n) is 4.10. The molecule has 0 aliphatic carbocycles. The largest absolute Gasteiger partial charge is 0.496 e. The van der Waals surface area contributed by atoms with Gasteiger partial charge in [0.25, 0.3) is 0 Å². The van der Waals surface area contributed by atoms with E-state index in [4.69, 9.17) is 14.5 Å². The van der Waals surface area contributed by atoms with Gasteiger partial charge in [0.15, 0.2) is 9.84 Å². The van der Waals surface area contributed by atoms with E-state index in [0.29, 0.717) is 11.3 Å². The van der Waals surface area contributed by atoms with E-state index in [0.717, 1.165) is 28.0 Å². The average molecular weight is 357 g/mol. The van der Waals surface area contributed by atoms with Gasteiger partial charge in [-0.05, 0) is 42.8 Å². The van der Waals surface area contributed by atoms with E-state index in [-0.39, 0.29) is 4.90 Å². The van der Waals surface area contributed by atoms with Crippen LogP contribution in [-0.2, 0) is 9.84 Å². The molecule has 0 atom stereocenters. The molecule has 2 aromatic carbocycles. The monoisotopic (exact) mass is 357 g/mol. The number of rotatable bonds is 4. The molecule has 0 radical (unpaired) electrons. The molecule has 0 N–H and O–H groups in total. The third kappa shape index (κ3) is 3.17. The van der Waals surface area contributed by atoms with Crippen LogP contribution < -0.4 is 9.47 Å². The summed E-state index contributed by atoms with van der Waals surface area (Å²) in [6.45, 7) is 1.99. The summed E-state index contributed by atoms with van der Waals surface area (Å²) in [5.41, 5.74) is 3.30. The van der Waals surface area contributed by atoms with Crippen molar-refractivity contribution in [2.45, 2.75) is 11.8 Å². The zero-order chi connectivity index (χ0) is 18.2. The molecular formula is C19H19NO4S. The highest BCUT2D eigenvalue weighted by Crippen LogP contribution is 2.36. The number of ether oxygens (including phenoxy) is 2. The molecule has 1 heterocycles. The van der Waals surface area contributed by atoms with E-state index in [1.165, 1.54) is 6.26 Å². The van der Waals surface area contributed by atoms with Crippen LogP contribution in [0.5, 0.6) is 11.5 Å². The Bertz CT molecular complexity index is 1040. The Morgan fingerprint density at radius 3 is 2.08 bits per heavy atom. The first-order valence-corrected chi connectivity index (χ1v) is 9.57. The molecule has 3 aromatic rings. The van der Waals surface area contributed by atoms with E-state index in [2.05, 4.69) is 0 Å². The average Bonchev–Trinajstić information content (AvgIpc) is 2.60. The summed E-state index contributed by atoms with van der Waals surface area (Å²) in [6.07, 6.45) is 1.19. The molecule has 0 spiro atoms. The number of methoxy groups -OCH3 is 2. The molecule has 0 unspecified atom stereocenters. The minimum Gasteiger partial charge on any atom is -0.496 e. The molecule has 0 aliphatic rings. The molecule has 0 fully saturated rings. The Hall–Kier alpha value is -2.60. The molecule has 0 aliphatic heterocycles.